The van der Waals surface area contributed by atoms with Gasteiger partial charge in [-0.1, -0.05) is 43.3 Å². The standard InChI is InChI=1S/C20H19N3O2/c1-2-18(15-7-4-3-5-8-15)20(24)23-16-9-6-10-17(13-16)25-19-14-21-11-12-22-19/h3-14,18H,2H2,1H3,(H,23,24). The predicted molar refractivity (Wildman–Crippen MR) is 96.7 cm³/mol. The lowest BCUT2D eigenvalue weighted by Gasteiger charge is -2.16. The van der Waals surface area contributed by atoms with Gasteiger partial charge in [-0.2, -0.15) is 0 Å². The van der Waals surface area contributed by atoms with E-state index in [4.69, 9.17) is 4.74 Å². The van der Waals surface area contributed by atoms with E-state index in [9.17, 15) is 4.79 Å². The number of ether oxygens (including phenoxy) is 1. The molecule has 3 aromatic rings. The molecule has 0 aliphatic carbocycles. The molecule has 0 fully saturated rings. The zero-order valence-electron chi connectivity index (χ0n) is 13.9. The first-order valence-electron chi connectivity index (χ1n) is 8.16. The normalized spacial score (nSPS) is 11.6. The summed E-state index contributed by atoms with van der Waals surface area (Å²) >= 11 is 0. The number of anilines is 1. The number of nitrogens with zero attached hydrogens (tertiary/aromatic N) is 2. The zero-order chi connectivity index (χ0) is 17.5. The Morgan fingerprint density at radius 2 is 1.96 bits per heavy atom. The van der Waals surface area contributed by atoms with E-state index >= 15 is 0 Å². The van der Waals surface area contributed by atoms with E-state index < -0.39 is 0 Å². The number of rotatable bonds is 6. The average Bonchev–Trinajstić information content (AvgIpc) is 2.64. The second kappa shape index (κ2) is 8.06. The van der Waals surface area contributed by atoms with Crippen LogP contribution < -0.4 is 10.1 Å². The van der Waals surface area contributed by atoms with Crippen molar-refractivity contribution in [3.8, 4) is 11.6 Å². The summed E-state index contributed by atoms with van der Waals surface area (Å²) in [5, 5.41) is 2.96. The van der Waals surface area contributed by atoms with Gasteiger partial charge in [0.1, 0.15) is 5.75 Å². The van der Waals surface area contributed by atoms with Crippen molar-refractivity contribution >= 4 is 11.6 Å². The van der Waals surface area contributed by atoms with Crippen molar-refractivity contribution in [2.24, 2.45) is 0 Å². The van der Waals surface area contributed by atoms with Crippen LogP contribution in [0.3, 0.4) is 0 Å². The van der Waals surface area contributed by atoms with Crippen LogP contribution in [0.25, 0.3) is 0 Å². The number of hydrogen-bond acceptors (Lipinski definition) is 4. The van der Waals surface area contributed by atoms with Crippen molar-refractivity contribution in [1.82, 2.24) is 9.97 Å². The molecule has 0 aliphatic rings. The lowest BCUT2D eigenvalue weighted by Crippen LogP contribution is -2.20. The third-order valence-corrected chi connectivity index (χ3v) is 3.79. The Hall–Kier alpha value is -3.21. The lowest BCUT2D eigenvalue weighted by molar-refractivity contribution is -0.117. The van der Waals surface area contributed by atoms with Gasteiger partial charge >= 0.3 is 0 Å². The minimum Gasteiger partial charge on any atom is -0.437 e. The van der Waals surface area contributed by atoms with Crippen LogP contribution >= 0.6 is 0 Å². The van der Waals surface area contributed by atoms with Crippen molar-refractivity contribution in [2.75, 3.05) is 5.32 Å². The highest BCUT2D eigenvalue weighted by molar-refractivity contribution is 5.95. The average molecular weight is 333 g/mol. The van der Waals surface area contributed by atoms with Crippen LogP contribution in [0.5, 0.6) is 11.6 Å². The van der Waals surface area contributed by atoms with E-state index in [0.29, 0.717) is 17.3 Å². The Balaban J connectivity index is 1.72. The van der Waals surface area contributed by atoms with Crippen LogP contribution in [0, 0.1) is 0 Å². The number of benzene rings is 2. The molecular weight excluding hydrogens is 314 g/mol. The molecule has 0 aliphatic heterocycles. The van der Waals surface area contributed by atoms with E-state index in [0.717, 1.165) is 12.0 Å². The summed E-state index contributed by atoms with van der Waals surface area (Å²) in [6.07, 6.45) is 5.41. The van der Waals surface area contributed by atoms with Crippen molar-refractivity contribution in [1.29, 1.82) is 0 Å². The van der Waals surface area contributed by atoms with Gasteiger partial charge in [0.05, 0.1) is 12.1 Å². The number of carbonyl (C=O) groups excluding carboxylic acids is 1. The smallest absolute Gasteiger partial charge is 0.237 e. The number of carbonyl (C=O) groups is 1. The maximum absolute atomic E-state index is 12.6. The fourth-order valence-corrected chi connectivity index (χ4v) is 2.58. The topological polar surface area (TPSA) is 64.1 Å². The SMILES string of the molecule is CCC(C(=O)Nc1cccc(Oc2cnccn2)c1)c1ccccc1. The fourth-order valence-electron chi connectivity index (χ4n) is 2.58. The van der Waals surface area contributed by atoms with Gasteiger partial charge in [0.25, 0.3) is 0 Å². The van der Waals surface area contributed by atoms with E-state index in [-0.39, 0.29) is 11.8 Å². The second-order valence-electron chi connectivity index (χ2n) is 5.53. The summed E-state index contributed by atoms with van der Waals surface area (Å²) in [7, 11) is 0. The van der Waals surface area contributed by atoms with Gasteiger partial charge in [0.15, 0.2) is 0 Å². The van der Waals surface area contributed by atoms with Gasteiger partial charge < -0.3 is 10.1 Å². The number of hydrogen-bond donors (Lipinski definition) is 1. The molecule has 0 bridgehead atoms. The molecule has 0 radical (unpaired) electrons. The Morgan fingerprint density at radius 1 is 1.12 bits per heavy atom. The highest BCUT2D eigenvalue weighted by Crippen LogP contribution is 2.25. The van der Waals surface area contributed by atoms with Gasteiger partial charge in [-0.05, 0) is 24.1 Å². The first-order chi connectivity index (χ1) is 12.3. The van der Waals surface area contributed by atoms with E-state index in [1.165, 1.54) is 6.20 Å². The maximum Gasteiger partial charge on any atom is 0.237 e. The van der Waals surface area contributed by atoms with Crippen LogP contribution in [-0.2, 0) is 4.79 Å². The molecule has 1 unspecified atom stereocenters. The molecule has 3 rings (SSSR count). The molecule has 0 spiro atoms. The van der Waals surface area contributed by atoms with Crippen molar-refractivity contribution in [2.45, 2.75) is 19.3 Å². The van der Waals surface area contributed by atoms with E-state index in [2.05, 4.69) is 15.3 Å². The molecular formula is C20H19N3O2. The predicted octanol–water partition coefficient (Wildman–Crippen LogP) is 4.40. The highest BCUT2D eigenvalue weighted by Gasteiger charge is 2.18. The number of aromatic nitrogens is 2. The molecule has 5 heteroatoms. The van der Waals surface area contributed by atoms with Crippen LogP contribution in [0.4, 0.5) is 5.69 Å². The van der Waals surface area contributed by atoms with Crippen molar-refractivity contribution in [3.63, 3.8) is 0 Å². The molecule has 25 heavy (non-hydrogen) atoms. The third kappa shape index (κ3) is 4.41. The first kappa shape index (κ1) is 16.6. The summed E-state index contributed by atoms with van der Waals surface area (Å²) < 4.78 is 5.65. The summed E-state index contributed by atoms with van der Waals surface area (Å²) in [6, 6.07) is 17.0. The minimum absolute atomic E-state index is 0.0367. The minimum atomic E-state index is -0.189. The summed E-state index contributed by atoms with van der Waals surface area (Å²) in [5.41, 5.74) is 1.69. The van der Waals surface area contributed by atoms with Crippen LogP contribution in [0.1, 0.15) is 24.8 Å². The molecule has 5 nitrogen and oxygen atoms in total. The fraction of sp³-hybridized carbons (Fsp3) is 0.150. The Labute approximate surface area is 146 Å². The molecule has 0 saturated heterocycles. The van der Waals surface area contributed by atoms with Gasteiger partial charge in [0, 0.05) is 24.1 Å². The molecule has 2 aromatic carbocycles. The van der Waals surface area contributed by atoms with Gasteiger partial charge in [-0.3, -0.25) is 9.78 Å². The van der Waals surface area contributed by atoms with Crippen molar-refractivity contribution < 1.29 is 9.53 Å². The quantitative estimate of drug-likeness (QED) is 0.726. The van der Waals surface area contributed by atoms with Crippen LogP contribution in [-0.4, -0.2) is 15.9 Å². The zero-order valence-corrected chi connectivity index (χ0v) is 13.9. The Kier molecular flexibility index (Phi) is 5.36. The van der Waals surface area contributed by atoms with Gasteiger partial charge in [0.2, 0.25) is 11.8 Å². The molecule has 0 saturated carbocycles. The largest absolute Gasteiger partial charge is 0.437 e. The maximum atomic E-state index is 12.6. The summed E-state index contributed by atoms with van der Waals surface area (Å²) in [4.78, 5) is 20.7. The van der Waals surface area contributed by atoms with Crippen LogP contribution in [0.15, 0.2) is 73.2 Å². The molecule has 1 aromatic heterocycles. The van der Waals surface area contributed by atoms with E-state index in [1.807, 2.05) is 49.4 Å². The third-order valence-electron chi connectivity index (χ3n) is 3.79. The van der Waals surface area contributed by atoms with Crippen molar-refractivity contribution in [3.05, 3.63) is 78.8 Å². The molecule has 1 amide bonds. The monoisotopic (exact) mass is 333 g/mol. The summed E-state index contributed by atoms with van der Waals surface area (Å²) in [6.45, 7) is 2.00. The highest BCUT2D eigenvalue weighted by atomic mass is 16.5. The summed E-state index contributed by atoms with van der Waals surface area (Å²) in [5.74, 6) is 0.767. The first-order valence-corrected chi connectivity index (χ1v) is 8.16. The van der Waals surface area contributed by atoms with Gasteiger partial charge in [-0.15, -0.1) is 0 Å². The number of nitrogens with one attached hydrogen (secondary N) is 1. The second-order valence-corrected chi connectivity index (χ2v) is 5.53. The van der Waals surface area contributed by atoms with Gasteiger partial charge in [-0.25, -0.2) is 4.98 Å². The lowest BCUT2D eigenvalue weighted by atomic mass is 9.95. The Morgan fingerprint density at radius 3 is 2.68 bits per heavy atom. The van der Waals surface area contributed by atoms with E-state index in [1.54, 1.807) is 24.5 Å². The Bertz CT molecular complexity index is 823. The molecule has 1 heterocycles. The molecule has 1 N–H and O–H groups in total. The van der Waals surface area contributed by atoms with Crippen LogP contribution in [0.2, 0.25) is 0 Å². The molecule has 126 valence electrons. The molecule has 1 atom stereocenters. The number of amides is 1.